The van der Waals surface area contributed by atoms with Gasteiger partial charge in [-0.1, -0.05) is 30.3 Å². The molecule has 1 fully saturated rings. The first-order valence-corrected chi connectivity index (χ1v) is 5.09. The lowest BCUT2D eigenvalue weighted by atomic mass is 9.88. The lowest BCUT2D eigenvalue weighted by Crippen LogP contribution is -2.42. The predicted molar refractivity (Wildman–Crippen MR) is 57.3 cm³/mol. The molecule has 1 aromatic carbocycles. The van der Waals surface area contributed by atoms with E-state index in [4.69, 9.17) is 10.5 Å². The molecular formula is C12H15NO2. The fourth-order valence-corrected chi connectivity index (χ4v) is 2.04. The van der Waals surface area contributed by atoms with Crippen molar-refractivity contribution in [3.05, 3.63) is 35.9 Å². The largest absolute Gasteiger partial charge is 0.468 e. The quantitative estimate of drug-likeness (QED) is 0.755. The van der Waals surface area contributed by atoms with E-state index in [1.54, 1.807) is 0 Å². The zero-order valence-corrected chi connectivity index (χ0v) is 8.77. The van der Waals surface area contributed by atoms with E-state index >= 15 is 0 Å². The maximum Gasteiger partial charge on any atom is 0.323 e. The van der Waals surface area contributed by atoms with E-state index < -0.39 is 6.04 Å². The van der Waals surface area contributed by atoms with Gasteiger partial charge in [0.1, 0.15) is 6.04 Å². The van der Waals surface area contributed by atoms with Crippen molar-refractivity contribution >= 4 is 5.97 Å². The summed E-state index contributed by atoms with van der Waals surface area (Å²) in [5.74, 6) is -0.323. The fraction of sp³-hybridized carbons (Fsp3) is 0.417. The van der Waals surface area contributed by atoms with Gasteiger partial charge in [-0.2, -0.15) is 0 Å². The lowest BCUT2D eigenvalue weighted by molar-refractivity contribution is -0.143. The minimum atomic E-state index is -0.537. The van der Waals surface area contributed by atoms with Gasteiger partial charge in [-0.05, 0) is 18.4 Å². The molecule has 1 aromatic rings. The van der Waals surface area contributed by atoms with Crippen molar-refractivity contribution in [3.8, 4) is 0 Å². The van der Waals surface area contributed by atoms with E-state index in [0.29, 0.717) is 0 Å². The molecule has 0 saturated heterocycles. The van der Waals surface area contributed by atoms with E-state index in [1.807, 2.05) is 30.3 Å². The number of nitrogens with two attached hydrogens (primary N) is 1. The summed E-state index contributed by atoms with van der Waals surface area (Å²) in [5, 5.41) is 0. The molecule has 1 unspecified atom stereocenters. The number of carbonyl (C=O) groups excluding carboxylic acids is 1. The van der Waals surface area contributed by atoms with Gasteiger partial charge in [0.25, 0.3) is 0 Å². The molecule has 1 atom stereocenters. The van der Waals surface area contributed by atoms with Crippen molar-refractivity contribution in [2.45, 2.75) is 24.3 Å². The first-order chi connectivity index (χ1) is 7.20. The topological polar surface area (TPSA) is 52.3 Å². The van der Waals surface area contributed by atoms with Crippen LogP contribution in [0.2, 0.25) is 0 Å². The van der Waals surface area contributed by atoms with Crippen LogP contribution in [0.4, 0.5) is 0 Å². The van der Waals surface area contributed by atoms with Crippen LogP contribution >= 0.6 is 0 Å². The molecule has 0 amide bonds. The van der Waals surface area contributed by atoms with Gasteiger partial charge in [-0.15, -0.1) is 0 Å². The van der Waals surface area contributed by atoms with Crippen molar-refractivity contribution in [1.29, 1.82) is 0 Å². The van der Waals surface area contributed by atoms with Crippen LogP contribution < -0.4 is 5.73 Å². The molecular weight excluding hydrogens is 190 g/mol. The summed E-state index contributed by atoms with van der Waals surface area (Å²) < 4.78 is 4.70. The summed E-state index contributed by atoms with van der Waals surface area (Å²) in [7, 11) is 1.38. The molecule has 80 valence electrons. The number of hydrogen-bond donors (Lipinski definition) is 1. The maximum absolute atomic E-state index is 11.4. The first kappa shape index (κ1) is 10.2. The number of methoxy groups -OCH3 is 1. The van der Waals surface area contributed by atoms with Gasteiger partial charge in [0, 0.05) is 5.41 Å². The average molecular weight is 205 g/mol. The Morgan fingerprint density at radius 3 is 2.47 bits per heavy atom. The second-order valence-corrected chi connectivity index (χ2v) is 4.02. The Morgan fingerprint density at radius 1 is 1.40 bits per heavy atom. The van der Waals surface area contributed by atoms with Crippen LogP contribution in [0.1, 0.15) is 18.4 Å². The molecule has 1 saturated carbocycles. The fourth-order valence-electron chi connectivity index (χ4n) is 2.04. The van der Waals surface area contributed by atoms with Crippen LogP contribution in [0.25, 0.3) is 0 Å². The van der Waals surface area contributed by atoms with Gasteiger partial charge in [0.05, 0.1) is 7.11 Å². The number of benzene rings is 1. The molecule has 2 rings (SSSR count). The zero-order valence-electron chi connectivity index (χ0n) is 8.77. The van der Waals surface area contributed by atoms with E-state index in [1.165, 1.54) is 7.11 Å². The molecule has 0 radical (unpaired) electrons. The lowest BCUT2D eigenvalue weighted by Gasteiger charge is -2.21. The van der Waals surface area contributed by atoms with E-state index in [9.17, 15) is 4.79 Å². The van der Waals surface area contributed by atoms with E-state index in [2.05, 4.69) is 0 Å². The van der Waals surface area contributed by atoms with Crippen LogP contribution in [0.5, 0.6) is 0 Å². The molecule has 0 aliphatic heterocycles. The molecule has 0 bridgehead atoms. The highest BCUT2D eigenvalue weighted by molar-refractivity contribution is 5.78. The molecule has 0 aromatic heterocycles. The Balaban J connectivity index is 2.25. The third-order valence-electron chi connectivity index (χ3n) is 3.19. The SMILES string of the molecule is COC(=O)C(N)C1(c2ccccc2)CC1. The average Bonchev–Trinajstić information content (AvgIpc) is 3.09. The highest BCUT2D eigenvalue weighted by atomic mass is 16.5. The van der Waals surface area contributed by atoms with Gasteiger partial charge in [0.2, 0.25) is 0 Å². The van der Waals surface area contributed by atoms with Crippen molar-refractivity contribution in [2.75, 3.05) is 7.11 Å². The number of carbonyl (C=O) groups is 1. The summed E-state index contributed by atoms with van der Waals surface area (Å²) in [6, 6.07) is 9.41. The molecule has 0 heterocycles. The Kier molecular flexibility index (Phi) is 2.49. The summed E-state index contributed by atoms with van der Waals surface area (Å²) in [5.41, 5.74) is 6.89. The molecule has 0 spiro atoms. The van der Waals surface area contributed by atoms with E-state index in [-0.39, 0.29) is 11.4 Å². The second-order valence-electron chi connectivity index (χ2n) is 4.02. The van der Waals surface area contributed by atoms with Gasteiger partial charge >= 0.3 is 5.97 Å². The smallest absolute Gasteiger partial charge is 0.323 e. The normalized spacial score (nSPS) is 19.3. The highest BCUT2D eigenvalue weighted by Crippen LogP contribution is 2.50. The zero-order chi connectivity index (χ0) is 10.9. The Hall–Kier alpha value is -1.35. The summed E-state index contributed by atoms with van der Waals surface area (Å²) >= 11 is 0. The van der Waals surface area contributed by atoms with Crippen molar-refractivity contribution in [2.24, 2.45) is 5.73 Å². The first-order valence-electron chi connectivity index (χ1n) is 5.09. The number of esters is 1. The van der Waals surface area contributed by atoms with Crippen LogP contribution in [0.15, 0.2) is 30.3 Å². The minimum absolute atomic E-state index is 0.172. The summed E-state index contributed by atoms with van der Waals surface area (Å²) in [6.45, 7) is 0. The molecule has 1 aliphatic rings. The van der Waals surface area contributed by atoms with Gasteiger partial charge < -0.3 is 10.5 Å². The van der Waals surface area contributed by atoms with Gasteiger partial charge in [-0.25, -0.2) is 0 Å². The highest BCUT2D eigenvalue weighted by Gasteiger charge is 2.52. The number of ether oxygens (including phenoxy) is 1. The van der Waals surface area contributed by atoms with Crippen LogP contribution in [0.3, 0.4) is 0 Å². The van der Waals surface area contributed by atoms with Crippen LogP contribution in [-0.2, 0) is 14.9 Å². The third-order valence-corrected chi connectivity index (χ3v) is 3.19. The van der Waals surface area contributed by atoms with Crippen molar-refractivity contribution in [1.82, 2.24) is 0 Å². The molecule has 1 aliphatic carbocycles. The van der Waals surface area contributed by atoms with Crippen molar-refractivity contribution in [3.63, 3.8) is 0 Å². The predicted octanol–water partition coefficient (Wildman–Crippen LogP) is 1.22. The van der Waals surface area contributed by atoms with E-state index in [0.717, 1.165) is 18.4 Å². The summed E-state index contributed by atoms with van der Waals surface area (Å²) in [6.07, 6.45) is 1.93. The Bertz CT molecular complexity index is 357. The molecule has 3 heteroatoms. The standard InChI is InChI=1S/C12H15NO2/c1-15-11(14)10(13)12(7-8-12)9-5-3-2-4-6-9/h2-6,10H,7-8,13H2,1H3. The Labute approximate surface area is 89.2 Å². The second kappa shape index (κ2) is 3.66. The molecule has 15 heavy (non-hydrogen) atoms. The third kappa shape index (κ3) is 1.63. The van der Waals surface area contributed by atoms with Crippen molar-refractivity contribution < 1.29 is 9.53 Å². The maximum atomic E-state index is 11.4. The minimum Gasteiger partial charge on any atom is -0.468 e. The summed E-state index contributed by atoms with van der Waals surface area (Å²) in [4.78, 5) is 11.4. The number of hydrogen-bond acceptors (Lipinski definition) is 3. The van der Waals surface area contributed by atoms with Gasteiger partial charge in [-0.3, -0.25) is 4.79 Å². The molecule has 2 N–H and O–H groups in total. The Morgan fingerprint density at radius 2 is 2.00 bits per heavy atom. The van der Waals surface area contributed by atoms with Gasteiger partial charge in [0.15, 0.2) is 0 Å². The molecule has 3 nitrogen and oxygen atoms in total. The van der Waals surface area contributed by atoms with Crippen LogP contribution in [0, 0.1) is 0 Å². The monoisotopic (exact) mass is 205 g/mol. The number of rotatable bonds is 3. The van der Waals surface area contributed by atoms with Crippen LogP contribution in [-0.4, -0.2) is 19.1 Å².